The number of nitrogens with two attached hydrogens (primary N) is 1. The van der Waals surface area contributed by atoms with Gasteiger partial charge in [-0.25, -0.2) is 0 Å². The number of carbonyl (C=O) groups is 1. The Bertz CT molecular complexity index is 596. The van der Waals surface area contributed by atoms with E-state index in [4.69, 9.17) is 5.73 Å². The van der Waals surface area contributed by atoms with Gasteiger partial charge in [0.25, 0.3) is 5.91 Å². The average molecular weight is 269 g/mol. The van der Waals surface area contributed by atoms with Gasteiger partial charge < -0.3 is 16.0 Å². The smallest absolute Gasteiger partial charge is 0.253 e. The Hall–Kier alpha value is -2.49. The van der Waals surface area contributed by atoms with Crippen molar-refractivity contribution in [2.45, 2.75) is 6.92 Å². The van der Waals surface area contributed by atoms with Crippen molar-refractivity contribution in [1.29, 1.82) is 0 Å². The molecule has 4 nitrogen and oxygen atoms in total. The van der Waals surface area contributed by atoms with Crippen LogP contribution in [0.2, 0.25) is 0 Å². The molecule has 1 amide bonds. The van der Waals surface area contributed by atoms with Crippen molar-refractivity contribution in [2.24, 2.45) is 0 Å². The van der Waals surface area contributed by atoms with Gasteiger partial charge in [-0.1, -0.05) is 18.2 Å². The highest BCUT2D eigenvalue weighted by Crippen LogP contribution is 2.30. The minimum Gasteiger partial charge on any atom is -0.399 e. The molecule has 0 fully saturated rings. The van der Waals surface area contributed by atoms with Gasteiger partial charge in [-0.3, -0.25) is 4.79 Å². The summed E-state index contributed by atoms with van der Waals surface area (Å²) in [5.74, 6) is -0.116. The van der Waals surface area contributed by atoms with Crippen molar-refractivity contribution >= 4 is 23.0 Å². The highest BCUT2D eigenvalue weighted by atomic mass is 16.1. The summed E-state index contributed by atoms with van der Waals surface area (Å²) in [5.41, 5.74) is 8.99. The maximum Gasteiger partial charge on any atom is 0.253 e. The second-order valence-corrected chi connectivity index (χ2v) is 4.44. The van der Waals surface area contributed by atoms with E-state index in [1.54, 1.807) is 19.2 Å². The van der Waals surface area contributed by atoms with Gasteiger partial charge in [0, 0.05) is 25.0 Å². The van der Waals surface area contributed by atoms with Crippen molar-refractivity contribution in [2.75, 3.05) is 24.2 Å². The first-order chi connectivity index (χ1) is 9.67. The van der Waals surface area contributed by atoms with E-state index in [1.807, 2.05) is 43.3 Å². The molecular formula is C16H19N3O. The monoisotopic (exact) mass is 269 g/mol. The molecule has 0 saturated carbocycles. The predicted molar refractivity (Wildman–Crippen MR) is 83.4 cm³/mol. The lowest BCUT2D eigenvalue weighted by atomic mass is 10.1. The van der Waals surface area contributed by atoms with E-state index in [0.717, 1.165) is 17.9 Å². The second kappa shape index (κ2) is 6.10. The Morgan fingerprint density at radius 1 is 1.20 bits per heavy atom. The van der Waals surface area contributed by atoms with Crippen molar-refractivity contribution in [3.8, 4) is 0 Å². The van der Waals surface area contributed by atoms with E-state index >= 15 is 0 Å². The zero-order valence-corrected chi connectivity index (χ0v) is 11.8. The summed E-state index contributed by atoms with van der Waals surface area (Å²) in [6.45, 7) is 2.79. The molecule has 0 bridgehead atoms. The van der Waals surface area contributed by atoms with Gasteiger partial charge in [0.05, 0.1) is 11.3 Å². The van der Waals surface area contributed by atoms with Crippen LogP contribution in [0.15, 0.2) is 48.5 Å². The quantitative estimate of drug-likeness (QED) is 0.839. The van der Waals surface area contributed by atoms with Crippen LogP contribution in [0.25, 0.3) is 0 Å². The van der Waals surface area contributed by atoms with Crippen molar-refractivity contribution in [3.63, 3.8) is 0 Å². The van der Waals surface area contributed by atoms with Crippen LogP contribution in [-0.4, -0.2) is 19.5 Å². The van der Waals surface area contributed by atoms with E-state index < -0.39 is 0 Å². The molecule has 20 heavy (non-hydrogen) atoms. The molecule has 3 N–H and O–H groups in total. The number of nitrogen functional groups attached to an aromatic ring is 1. The molecule has 4 heteroatoms. The fourth-order valence-corrected chi connectivity index (χ4v) is 2.20. The Morgan fingerprint density at radius 3 is 2.50 bits per heavy atom. The predicted octanol–water partition coefficient (Wildman–Crippen LogP) is 2.79. The molecule has 0 unspecified atom stereocenters. The number of nitrogens with zero attached hydrogens (tertiary/aromatic N) is 1. The first-order valence-electron chi connectivity index (χ1n) is 6.61. The fraction of sp³-hybridized carbons (Fsp3) is 0.188. The third kappa shape index (κ3) is 2.74. The zero-order chi connectivity index (χ0) is 14.5. The number of rotatable bonds is 4. The summed E-state index contributed by atoms with van der Waals surface area (Å²) in [5, 5.41) is 2.67. The molecule has 0 radical (unpaired) electrons. The molecule has 2 aromatic rings. The Balaban J connectivity index is 2.54. The maximum absolute atomic E-state index is 12.0. The van der Waals surface area contributed by atoms with Crippen LogP contribution in [0.3, 0.4) is 0 Å². The minimum atomic E-state index is -0.116. The van der Waals surface area contributed by atoms with E-state index in [9.17, 15) is 4.79 Å². The molecule has 0 aromatic heterocycles. The highest BCUT2D eigenvalue weighted by molar-refractivity contribution is 6.01. The van der Waals surface area contributed by atoms with Crippen molar-refractivity contribution < 1.29 is 4.79 Å². The van der Waals surface area contributed by atoms with E-state index in [1.165, 1.54) is 0 Å². The second-order valence-electron chi connectivity index (χ2n) is 4.44. The summed E-state index contributed by atoms with van der Waals surface area (Å²) >= 11 is 0. The van der Waals surface area contributed by atoms with Gasteiger partial charge in [0.15, 0.2) is 0 Å². The van der Waals surface area contributed by atoms with Crippen molar-refractivity contribution in [1.82, 2.24) is 5.32 Å². The molecule has 104 valence electrons. The van der Waals surface area contributed by atoms with Gasteiger partial charge in [0.1, 0.15) is 0 Å². The number of benzene rings is 2. The molecule has 2 aromatic carbocycles. The Morgan fingerprint density at radius 2 is 1.90 bits per heavy atom. The van der Waals surface area contributed by atoms with Crippen LogP contribution in [0.5, 0.6) is 0 Å². The Labute approximate surface area is 119 Å². The largest absolute Gasteiger partial charge is 0.399 e. The molecular weight excluding hydrogens is 250 g/mol. The SMILES string of the molecule is CCN(c1ccccc1)c1cc(N)ccc1C(=O)NC. The molecule has 0 atom stereocenters. The van der Waals surface area contributed by atoms with Gasteiger partial charge in [-0.2, -0.15) is 0 Å². The summed E-state index contributed by atoms with van der Waals surface area (Å²) < 4.78 is 0. The van der Waals surface area contributed by atoms with E-state index in [0.29, 0.717) is 11.3 Å². The normalized spacial score (nSPS) is 10.1. The number of amides is 1. The average Bonchev–Trinajstić information content (AvgIpc) is 2.48. The van der Waals surface area contributed by atoms with Gasteiger partial charge >= 0.3 is 0 Å². The van der Waals surface area contributed by atoms with Crippen LogP contribution in [0.4, 0.5) is 17.1 Å². The number of hydrogen-bond acceptors (Lipinski definition) is 3. The third-order valence-corrected chi connectivity index (χ3v) is 3.17. The van der Waals surface area contributed by atoms with Crippen molar-refractivity contribution in [3.05, 3.63) is 54.1 Å². The van der Waals surface area contributed by atoms with Crippen LogP contribution in [-0.2, 0) is 0 Å². The molecule has 0 heterocycles. The zero-order valence-electron chi connectivity index (χ0n) is 11.8. The number of hydrogen-bond donors (Lipinski definition) is 2. The van der Waals surface area contributed by atoms with Gasteiger partial charge in [0.2, 0.25) is 0 Å². The first kappa shape index (κ1) is 13.9. The summed E-state index contributed by atoms with van der Waals surface area (Å²) in [6.07, 6.45) is 0. The van der Waals surface area contributed by atoms with Crippen LogP contribution >= 0.6 is 0 Å². The lowest BCUT2D eigenvalue weighted by Gasteiger charge is -2.25. The van der Waals surface area contributed by atoms with E-state index in [2.05, 4.69) is 10.2 Å². The lowest BCUT2D eigenvalue weighted by molar-refractivity contribution is 0.0963. The van der Waals surface area contributed by atoms with Crippen LogP contribution < -0.4 is 16.0 Å². The van der Waals surface area contributed by atoms with Crippen LogP contribution in [0.1, 0.15) is 17.3 Å². The summed E-state index contributed by atoms with van der Waals surface area (Å²) in [7, 11) is 1.63. The highest BCUT2D eigenvalue weighted by Gasteiger charge is 2.16. The first-order valence-corrected chi connectivity index (χ1v) is 6.61. The number of carbonyl (C=O) groups excluding carboxylic acids is 1. The summed E-state index contributed by atoms with van der Waals surface area (Å²) in [6, 6.07) is 15.3. The maximum atomic E-state index is 12.0. The molecule has 0 saturated heterocycles. The number of anilines is 3. The molecule has 0 aliphatic rings. The Kier molecular flexibility index (Phi) is 4.25. The fourth-order valence-electron chi connectivity index (χ4n) is 2.20. The molecule has 0 spiro atoms. The standard InChI is InChI=1S/C16H19N3O/c1-3-19(13-7-5-4-6-8-13)15-11-12(17)9-10-14(15)16(20)18-2/h4-11H,3,17H2,1-2H3,(H,18,20). The lowest BCUT2D eigenvalue weighted by Crippen LogP contribution is -2.24. The third-order valence-electron chi connectivity index (χ3n) is 3.17. The topological polar surface area (TPSA) is 58.4 Å². The minimum absolute atomic E-state index is 0.116. The molecule has 0 aliphatic heterocycles. The van der Waals surface area contributed by atoms with Gasteiger partial charge in [-0.05, 0) is 37.3 Å². The van der Waals surface area contributed by atoms with Gasteiger partial charge in [-0.15, -0.1) is 0 Å². The number of nitrogens with one attached hydrogen (secondary N) is 1. The number of para-hydroxylation sites is 1. The molecule has 0 aliphatic carbocycles. The molecule has 2 rings (SSSR count). The van der Waals surface area contributed by atoms with Crippen LogP contribution in [0, 0.1) is 0 Å². The van der Waals surface area contributed by atoms with E-state index in [-0.39, 0.29) is 5.91 Å². The summed E-state index contributed by atoms with van der Waals surface area (Å²) in [4.78, 5) is 14.1.